The van der Waals surface area contributed by atoms with Gasteiger partial charge in [-0.25, -0.2) is 22.9 Å². The van der Waals surface area contributed by atoms with E-state index in [2.05, 4.69) is 4.98 Å². The Morgan fingerprint density at radius 3 is 2.44 bits per heavy atom. The van der Waals surface area contributed by atoms with E-state index < -0.39 is 21.9 Å². The van der Waals surface area contributed by atoms with E-state index in [1.807, 2.05) is 35.1 Å². The number of esters is 1. The number of aryl methyl sites for hydroxylation is 1. The molecule has 2 aromatic rings. The summed E-state index contributed by atoms with van der Waals surface area (Å²) in [5.41, 5.74) is 1.25. The maximum absolute atomic E-state index is 12.1. The molecule has 0 saturated heterocycles. The van der Waals surface area contributed by atoms with E-state index in [9.17, 15) is 18.0 Å². The van der Waals surface area contributed by atoms with Gasteiger partial charge in [-0.2, -0.15) is 0 Å². The molecule has 1 heterocycles. The van der Waals surface area contributed by atoms with Gasteiger partial charge in [-0.05, 0) is 43.9 Å². The van der Waals surface area contributed by atoms with Gasteiger partial charge in [0.2, 0.25) is 10.0 Å². The van der Waals surface area contributed by atoms with Crippen molar-refractivity contribution in [1.29, 1.82) is 0 Å². The van der Waals surface area contributed by atoms with Gasteiger partial charge < -0.3 is 4.74 Å². The van der Waals surface area contributed by atoms with Gasteiger partial charge >= 0.3 is 5.97 Å². The molecular weight excluding hydrogens is 368 g/mol. The average Bonchev–Trinajstić information content (AvgIpc) is 2.66. The topological polar surface area (TPSA) is 102 Å². The minimum Gasteiger partial charge on any atom is -0.461 e. The summed E-state index contributed by atoms with van der Waals surface area (Å²) in [5, 5.41) is 0. The predicted molar refractivity (Wildman–Crippen MR) is 101 cm³/mol. The normalized spacial score (nSPS) is 11.0. The predicted octanol–water partition coefficient (Wildman–Crippen LogP) is 2.34. The number of benzene rings is 1. The summed E-state index contributed by atoms with van der Waals surface area (Å²) in [6, 6.07) is 12.4. The van der Waals surface area contributed by atoms with Crippen LogP contribution < -0.4 is 4.72 Å². The number of aromatic nitrogens is 1. The van der Waals surface area contributed by atoms with Crippen LogP contribution in [0.4, 0.5) is 0 Å². The number of amides is 1. The zero-order chi connectivity index (χ0) is 19.7. The van der Waals surface area contributed by atoms with Gasteiger partial charge in [0, 0.05) is 6.20 Å². The van der Waals surface area contributed by atoms with E-state index in [-0.39, 0.29) is 23.6 Å². The third kappa shape index (κ3) is 6.82. The largest absolute Gasteiger partial charge is 0.461 e. The maximum Gasteiger partial charge on any atom is 0.356 e. The number of hydrogen-bond donors (Lipinski definition) is 1. The Morgan fingerprint density at radius 1 is 1.07 bits per heavy atom. The van der Waals surface area contributed by atoms with Crippen LogP contribution >= 0.6 is 0 Å². The number of carbonyl (C=O) groups excluding carboxylic acids is 2. The van der Waals surface area contributed by atoms with Crippen molar-refractivity contribution < 1.29 is 22.7 Å². The van der Waals surface area contributed by atoms with E-state index >= 15 is 0 Å². The quantitative estimate of drug-likeness (QED) is 0.521. The van der Waals surface area contributed by atoms with Crippen LogP contribution in [0.5, 0.6) is 0 Å². The lowest BCUT2D eigenvalue weighted by molar-refractivity contribution is 0.0519. The molecule has 2 rings (SSSR count). The number of pyridine rings is 1. The van der Waals surface area contributed by atoms with Crippen LogP contribution in [0, 0.1) is 0 Å². The Balaban J connectivity index is 1.83. The molecule has 0 aliphatic carbocycles. The van der Waals surface area contributed by atoms with Gasteiger partial charge in [0.15, 0.2) is 0 Å². The molecule has 0 unspecified atom stereocenters. The molecule has 144 valence electrons. The molecule has 0 aliphatic heterocycles. The molecule has 1 aromatic heterocycles. The fourth-order valence-electron chi connectivity index (χ4n) is 2.37. The van der Waals surface area contributed by atoms with Crippen LogP contribution in [0.25, 0.3) is 0 Å². The summed E-state index contributed by atoms with van der Waals surface area (Å²) < 4.78 is 30.9. The van der Waals surface area contributed by atoms with Crippen molar-refractivity contribution in [3.63, 3.8) is 0 Å². The Labute approximate surface area is 158 Å². The van der Waals surface area contributed by atoms with Crippen molar-refractivity contribution in [3.05, 3.63) is 65.5 Å². The molecule has 8 heteroatoms. The van der Waals surface area contributed by atoms with Crippen molar-refractivity contribution in [2.24, 2.45) is 0 Å². The smallest absolute Gasteiger partial charge is 0.356 e. The second-order valence-electron chi connectivity index (χ2n) is 5.85. The van der Waals surface area contributed by atoms with Crippen LogP contribution in [-0.4, -0.2) is 37.6 Å². The van der Waals surface area contributed by atoms with Crippen LogP contribution in [0.15, 0.2) is 48.7 Å². The fraction of sp³-hybridized carbons (Fsp3) is 0.316. The van der Waals surface area contributed by atoms with Crippen molar-refractivity contribution in [1.82, 2.24) is 9.71 Å². The monoisotopic (exact) mass is 390 g/mol. The molecule has 7 nitrogen and oxygen atoms in total. The maximum atomic E-state index is 12.1. The first-order valence-electron chi connectivity index (χ1n) is 8.63. The van der Waals surface area contributed by atoms with E-state index in [1.165, 1.54) is 12.1 Å². The van der Waals surface area contributed by atoms with E-state index in [1.54, 1.807) is 6.92 Å². The van der Waals surface area contributed by atoms with Gasteiger partial charge in [0.05, 0.1) is 17.9 Å². The highest BCUT2D eigenvalue weighted by molar-refractivity contribution is 7.90. The molecule has 0 bridgehead atoms. The Morgan fingerprint density at radius 2 is 1.81 bits per heavy atom. The third-order valence-corrected chi connectivity index (χ3v) is 5.05. The molecule has 0 atom stereocenters. The Hall–Kier alpha value is -2.74. The molecule has 1 aromatic carbocycles. The lowest BCUT2D eigenvalue weighted by Gasteiger charge is -2.07. The lowest BCUT2D eigenvalue weighted by atomic mass is 10.1. The number of unbranched alkanes of at least 4 members (excludes halogenated alkanes) is 1. The summed E-state index contributed by atoms with van der Waals surface area (Å²) in [4.78, 5) is 27.4. The molecule has 1 amide bonds. The van der Waals surface area contributed by atoms with Crippen LogP contribution in [0.2, 0.25) is 0 Å². The zero-order valence-electron chi connectivity index (χ0n) is 15.1. The summed E-state index contributed by atoms with van der Waals surface area (Å²) in [5.74, 6) is -1.52. The van der Waals surface area contributed by atoms with Crippen LogP contribution in [0.3, 0.4) is 0 Å². The van der Waals surface area contributed by atoms with E-state index in [0.717, 1.165) is 18.2 Å². The number of hydrogen-bond acceptors (Lipinski definition) is 6. The van der Waals surface area contributed by atoms with Crippen LogP contribution in [0.1, 0.15) is 46.2 Å². The lowest BCUT2D eigenvalue weighted by Crippen LogP contribution is -2.32. The van der Waals surface area contributed by atoms with Crippen molar-refractivity contribution in [3.8, 4) is 0 Å². The summed E-state index contributed by atoms with van der Waals surface area (Å²) in [7, 11) is -3.74. The number of ether oxygens (including phenoxy) is 1. The van der Waals surface area contributed by atoms with Gasteiger partial charge in [-0.15, -0.1) is 0 Å². The molecule has 1 N–H and O–H groups in total. The van der Waals surface area contributed by atoms with Crippen molar-refractivity contribution in [2.75, 3.05) is 12.4 Å². The minimum atomic E-state index is -3.74. The summed E-state index contributed by atoms with van der Waals surface area (Å²) in [6.45, 7) is 1.88. The van der Waals surface area contributed by atoms with Crippen molar-refractivity contribution in [2.45, 2.75) is 26.2 Å². The first kappa shape index (κ1) is 20.6. The first-order valence-corrected chi connectivity index (χ1v) is 10.3. The van der Waals surface area contributed by atoms with Gasteiger partial charge in [0.25, 0.3) is 5.91 Å². The Bertz CT molecular complexity index is 865. The zero-order valence-corrected chi connectivity index (χ0v) is 15.9. The van der Waals surface area contributed by atoms with E-state index in [4.69, 9.17) is 4.74 Å². The minimum absolute atomic E-state index is 0.0518. The number of sulfonamides is 1. The number of rotatable bonds is 9. The van der Waals surface area contributed by atoms with Crippen molar-refractivity contribution >= 4 is 21.9 Å². The highest BCUT2D eigenvalue weighted by Gasteiger charge is 2.17. The molecular formula is C19H22N2O5S. The standard InChI is InChI=1S/C19H22N2O5S/c1-2-26-19(23)17-12-11-16(14-20-17)18(22)21-27(24,25)13-7-6-10-15-8-4-3-5-9-15/h3-5,8-9,11-12,14H,2,6-7,10,13H2,1H3,(H,21,22). The number of carbonyl (C=O) groups is 2. The molecule has 0 saturated carbocycles. The summed E-state index contributed by atoms with van der Waals surface area (Å²) in [6.07, 6.45) is 3.07. The van der Waals surface area contributed by atoms with Crippen LogP contribution in [-0.2, 0) is 21.2 Å². The number of nitrogens with one attached hydrogen (secondary N) is 1. The fourth-order valence-corrected chi connectivity index (χ4v) is 3.46. The molecule has 0 radical (unpaired) electrons. The molecule has 0 fully saturated rings. The molecule has 0 spiro atoms. The first-order chi connectivity index (χ1) is 12.9. The highest BCUT2D eigenvalue weighted by Crippen LogP contribution is 2.07. The second kappa shape index (κ2) is 9.82. The summed E-state index contributed by atoms with van der Waals surface area (Å²) >= 11 is 0. The van der Waals surface area contributed by atoms with Gasteiger partial charge in [0.1, 0.15) is 5.69 Å². The highest BCUT2D eigenvalue weighted by atomic mass is 32.2. The SMILES string of the molecule is CCOC(=O)c1ccc(C(=O)NS(=O)(=O)CCCCc2ccccc2)cn1. The third-order valence-electron chi connectivity index (χ3n) is 3.73. The Kier molecular flexibility index (Phi) is 7.48. The number of nitrogens with zero attached hydrogens (tertiary/aromatic N) is 1. The van der Waals surface area contributed by atoms with Gasteiger partial charge in [-0.3, -0.25) is 4.79 Å². The average molecular weight is 390 g/mol. The van der Waals surface area contributed by atoms with E-state index in [0.29, 0.717) is 12.8 Å². The van der Waals surface area contributed by atoms with Gasteiger partial charge in [-0.1, -0.05) is 30.3 Å². The molecule has 27 heavy (non-hydrogen) atoms. The second-order valence-corrected chi connectivity index (χ2v) is 7.69. The molecule has 0 aliphatic rings.